The maximum absolute atomic E-state index is 12.7. The van der Waals surface area contributed by atoms with Crippen molar-refractivity contribution in [3.8, 4) is 0 Å². The van der Waals surface area contributed by atoms with Gasteiger partial charge in [0.25, 0.3) is 0 Å². The number of nitrogens with zero attached hydrogens (tertiary/aromatic N) is 2. The van der Waals surface area contributed by atoms with Crippen molar-refractivity contribution in [1.82, 2.24) is 14.5 Å². The number of piperazine rings is 1. The van der Waals surface area contributed by atoms with Crippen LogP contribution < -0.4 is 10.6 Å². The molecule has 1 heterocycles. The number of anilines is 1. The Bertz CT molecular complexity index is 1050. The second-order valence-electron chi connectivity index (χ2n) is 7.83. The first-order valence-corrected chi connectivity index (χ1v) is 11.9. The van der Waals surface area contributed by atoms with Gasteiger partial charge in [0.1, 0.15) is 0 Å². The molecule has 0 atom stereocenters. The number of carbonyl (C=O) groups excluding carboxylic acids is 2. The Kier molecular flexibility index (Phi) is 6.24. The highest BCUT2D eigenvalue weighted by Crippen LogP contribution is 2.30. The highest BCUT2D eigenvalue weighted by molar-refractivity contribution is 7.89. The van der Waals surface area contributed by atoms with Crippen LogP contribution >= 0.6 is 0 Å². The van der Waals surface area contributed by atoms with Crippen LogP contribution in [-0.2, 0) is 21.4 Å². The molecule has 1 aliphatic carbocycles. The maximum Gasteiger partial charge on any atom is 0.317 e. The fourth-order valence-electron chi connectivity index (χ4n) is 3.51. The SMILES string of the molecule is O=C(Nc1cccc(CNC(=O)N2CCN(S(=O)(=O)c3ccccc3)CC2)c1)C1CC1. The van der Waals surface area contributed by atoms with E-state index in [1.165, 1.54) is 4.31 Å². The third-order valence-electron chi connectivity index (χ3n) is 5.49. The number of rotatable bonds is 6. The molecule has 9 heteroatoms. The van der Waals surface area contributed by atoms with Crippen molar-refractivity contribution in [1.29, 1.82) is 0 Å². The van der Waals surface area contributed by atoms with Crippen LogP contribution in [0.4, 0.5) is 10.5 Å². The predicted octanol–water partition coefficient (Wildman–Crippen LogP) is 2.25. The first-order chi connectivity index (χ1) is 14.9. The average Bonchev–Trinajstić information content (AvgIpc) is 3.64. The Hall–Kier alpha value is -2.91. The van der Waals surface area contributed by atoms with Crippen molar-refractivity contribution in [2.24, 2.45) is 5.92 Å². The van der Waals surface area contributed by atoms with Gasteiger partial charge in [0.15, 0.2) is 0 Å². The molecular weight excluding hydrogens is 416 g/mol. The molecule has 0 bridgehead atoms. The molecule has 1 aliphatic heterocycles. The fraction of sp³-hybridized carbons (Fsp3) is 0.364. The van der Waals surface area contributed by atoms with Crippen LogP contribution in [0.25, 0.3) is 0 Å². The topological polar surface area (TPSA) is 98.8 Å². The summed E-state index contributed by atoms with van der Waals surface area (Å²) in [5, 5.41) is 5.78. The molecule has 0 aromatic heterocycles. The van der Waals surface area contributed by atoms with Crippen LogP contribution in [0.5, 0.6) is 0 Å². The number of urea groups is 1. The lowest BCUT2D eigenvalue weighted by Gasteiger charge is -2.34. The van der Waals surface area contributed by atoms with E-state index in [9.17, 15) is 18.0 Å². The summed E-state index contributed by atoms with van der Waals surface area (Å²) in [6.45, 7) is 1.50. The molecule has 31 heavy (non-hydrogen) atoms. The van der Waals surface area contributed by atoms with Gasteiger partial charge in [0.2, 0.25) is 15.9 Å². The Labute approximate surface area is 182 Å². The highest BCUT2D eigenvalue weighted by atomic mass is 32.2. The Morgan fingerprint density at radius 1 is 0.935 bits per heavy atom. The largest absolute Gasteiger partial charge is 0.334 e. The standard InChI is InChI=1S/C22H26N4O4S/c27-21(18-9-10-18)24-19-6-4-5-17(15-19)16-23-22(28)25-11-13-26(14-12-25)31(29,30)20-7-2-1-3-8-20/h1-8,15,18H,9-14,16H2,(H,23,28)(H,24,27). The molecule has 0 spiro atoms. The highest BCUT2D eigenvalue weighted by Gasteiger charge is 2.30. The van der Waals surface area contributed by atoms with Gasteiger partial charge in [-0.15, -0.1) is 0 Å². The van der Waals surface area contributed by atoms with E-state index in [1.54, 1.807) is 35.2 Å². The van der Waals surface area contributed by atoms with Gasteiger partial charge in [-0.05, 0) is 42.7 Å². The number of sulfonamides is 1. The molecule has 1 saturated carbocycles. The van der Waals surface area contributed by atoms with E-state index in [1.807, 2.05) is 24.3 Å². The molecule has 2 aromatic rings. The average molecular weight is 443 g/mol. The van der Waals surface area contributed by atoms with Gasteiger partial charge in [-0.2, -0.15) is 4.31 Å². The van der Waals surface area contributed by atoms with E-state index in [0.717, 1.165) is 24.1 Å². The Morgan fingerprint density at radius 3 is 2.32 bits per heavy atom. The Balaban J connectivity index is 1.27. The molecule has 8 nitrogen and oxygen atoms in total. The van der Waals surface area contributed by atoms with Crippen LogP contribution in [0.15, 0.2) is 59.5 Å². The summed E-state index contributed by atoms with van der Waals surface area (Å²) in [5.74, 6) is 0.178. The number of nitrogens with one attached hydrogen (secondary N) is 2. The van der Waals surface area contributed by atoms with Crippen LogP contribution in [-0.4, -0.2) is 55.7 Å². The number of hydrogen-bond donors (Lipinski definition) is 2. The van der Waals surface area contributed by atoms with Gasteiger partial charge in [0, 0.05) is 44.3 Å². The number of amides is 3. The van der Waals surface area contributed by atoms with Gasteiger partial charge >= 0.3 is 6.03 Å². The van der Waals surface area contributed by atoms with Gasteiger partial charge in [-0.1, -0.05) is 30.3 Å². The third-order valence-corrected chi connectivity index (χ3v) is 7.41. The monoisotopic (exact) mass is 442 g/mol. The molecule has 2 fully saturated rings. The summed E-state index contributed by atoms with van der Waals surface area (Å²) in [4.78, 5) is 26.3. The molecule has 3 amide bonds. The lowest BCUT2D eigenvalue weighted by atomic mass is 10.2. The van der Waals surface area contributed by atoms with E-state index < -0.39 is 10.0 Å². The molecular formula is C22H26N4O4S. The molecule has 2 aliphatic rings. The molecule has 2 N–H and O–H groups in total. The molecule has 2 aromatic carbocycles. The predicted molar refractivity (Wildman–Crippen MR) is 117 cm³/mol. The van der Waals surface area contributed by atoms with Crippen molar-refractivity contribution >= 4 is 27.6 Å². The van der Waals surface area contributed by atoms with Crippen molar-refractivity contribution in [2.75, 3.05) is 31.5 Å². The maximum atomic E-state index is 12.7. The van der Waals surface area contributed by atoms with Crippen LogP contribution in [0.3, 0.4) is 0 Å². The Morgan fingerprint density at radius 2 is 1.65 bits per heavy atom. The summed E-state index contributed by atoms with van der Waals surface area (Å²) in [6.07, 6.45) is 1.89. The summed E-state index contributed by atoms with van der Waals surface area (Å²) >= 11 is 0. The second kappa shape index (κ2) is 9.07. The second-order valence-corrected chi connectivity index (χ2v) is 9.76. The van der Waals surface area contributed by atoms with Crippen molar-refractivity contribution in [2.45, 2.75) is 24.3 Å². The van der Waals surface area contributed by atoms with E-state index in [2.05, 4.69) is 10.6 Å². The first kappa shape index (κ1) is 21.3. The summed E-state index contributed by atoms with van der Waals surface area (Å²) in [5.41, 5.74) is 1.61. The lowest BCUT2D eigenvalue weighted by Crippen LogP contribution is -2.52. The zero-order valence-electron chi connectivity index (χ0n) is 17.2. The van der Waals surface area contributed by atoms with Gasteiger partial charge in [0.05, 0.1) is 4.90 Å². The van der Waals surface area contributed by atoms with E-state index in [-0.39, 0.29) is 35.8 Å². The van der Waals surface area contributed by atoms with Crippen molar-refractivity contribution in [3.63, 3.8) is 0 Å². The number of hydrogen-bond acceptors (Lipinski definition) is 4. The summed E-state index contributed by atoms with van der Waals surface area (Å²) < 4.78 is 26.8. The lowest BCUT2D eigenvalue weighted by molar-refractivity contribution is -0.117. The van der Waals surface area contributed by atoms with Crippen LogP contribution in [0, 0.1) is 5.92 Å². The smallest absolute Gasteiger partial charge is 0.317 e. The summed E-state index contributed by atoms with van der Waals surface area (Å²) in [7, 11) is -3.54. The van der Waals surface area contributed by atoms with E-state index in [0.29, 0.717) is 19.6 Å². The van der Waals surface area contributed by atoms with Gasteiger partial charge in [-0.25, -0.2) is 13.2 Å². The molecule has 0 radical (unpaired) electrons. The van der Waals surface area contributed by atoms with Gasteiger partial charge < -0.3 is 15.5 Å². The van der Waals surface area contributed by atoms with Crippen LogP contribution in [0.2, 0.25) is 0 Å². The fourth-order valence-corrected chi connectivity index (χ4v) is 4.95. The van der Waals surface area contributed by atoms with Crippen molar-refractivity contribution in [3.05, 3.63) is 60.2 Å². The summed E-state index contributed by atoms with van der Waals surface area (Å²) in [6, 6.07) is 15.5. The van der Waals surface area contributed by atoms with E-state index in [4.69, 9.17) is 0 Å². The van der Waals surface area contributed by atoms with Crippen molar-refractivity contribution < 1.29 is 18.0 Å². The third kappa shape index (κ3) is 5.23. The molecule has 164 valence electrons. The number of carbonyl (C=O) groups is 2. The minimum Gasteiger partial charge on any atom is -0.334 e. The minimum absolute atomic E-state index is 0.0458. The molecule has 0 unspecified atom stereocenters. The van der Waals surface area contributed by atoms with Gasteiger partial charge in [-0.3, -0.25) is 4.79 Å². The quantitative estimate of drug-likeness (QED) is 0.717. The normalized spacial score (nSPS) is 17.2. The van der Waals surface area contributed by atoms with E-state index >= 15 is 0 Å². The first-order valence-electron chi connectivity index (χ1n) is 10.4. The molecule has 1 saturated heterocycles. The number of benzene rings is 2. The minimum atomic E-state index is -3.54. The van der Waals surface area contributed by atoms with Crippen LogP contribution in [0.1, 0.15) is 18.4 Å². The zero-order valence-corrected chi connectivity index (χ0v) is 18.0. The molecule has 4 rings (SSSR count). The zero-order chi connectivity index (χ0) is 21.8.